The van der Waals surface area contributed by atoms with E-state index in [1.54, 1.807) is 24.3 Å². The van der Waals surface area contributed by atoms with Gasteiger partial charge in [-0.25, -0.2) is 19.4 Å². The first-order valence-corrected chi connectivity index (χ1v) is 14.9. The molecule has 4 rings (SSSR count). The van der Waals surface area contributed by atoms with Crippen molar-refractivity contribution < 1.29 is 19.4 Å². The molecule has 0 saturated carbocycles. The molecule has 0 saturated heterocycles. The number of hydrogen-bond donors (Lipinski definition) is 0. The fourth-order valence-electron chi connectivity index (χ4n) is 5.89. The van der Waals surface area contributed by atoms with Gasteiger partial charge in [-0.15, -0.1) is 0 Å². The van der Waals surface area contributed by atoms with E-state index in [-0.39, 0.29) is 11.8 Å². The molecule has 0 heterocycles. The zero-order valence-corrected chi connectivity index (χ0v) is 26.0. The molecule has 0 N–H and O–H groups in total. The first kappa shape index (κ1) is 30.8. The summed E-state index contributed by atoms with van der Waals surface area (Å²) in [6, 6.07) is 27.0. The van der Waals surface area contributed by atoms with Gasteiger partial charge in [-0.3, -0.25) is 0 Å². The molecule has 42 heavy (non-hydrogen) atoms. The molecule has 0 bridgehead atoms. The Morgan fingerprint density at radius 2 is 0.762 bits per heavy atom. The predicted molar refractivity (Wildman–Crippen MR) is 171 cm³/mol. The normalized spacial score (nSPS) is 11.4. The van der Waals surface area contributed by atoms with Crippen LogP contribution in [0.4, 0.5) is 0 Å². The fraction of sp³-hybridized carbons (Fsp3) is 0.316. The van der Waals surface area contributed by atoms with Gasteiger partial charge in [-0.05, 0) is 80.3 Å². The monoisotopic (exact) mass is 562 g/mol. The molecule has 0 unspecified atom stereocenters. The van der Waals surface area contributed by atoms with Gasteiger partial charge in [0.1, 0.15) is 0 Å². The summed E-state index contributed by atoms with van der Waals surface area (Å²) < 4.78 is 0. The van der Waals surface area contributed by atoms with E-state index in [9.17, 15) is 9.59 Å². The van der Waals surface area contributed by atoms with Gasteiger partial charge in [0, 0.05) is 0 Å². The minimum atomic E-state index is -0.717. The number of carbonyl (C=O) groups excluding carboxylic acids is 2. The Balaban J connectivity index is 1.66. The van der Waals surface area contributed by atoms with Gasteiger partial charge in [0.2, 0.25) is 0 Å². The lowest BCUT2D eigenvalue weighted by Gasteiger charge is -2.22. The van der Waals surface area contributed by atoms with Gasteiger partial charge in [-0.1, -0.05) is 128 Å². The zero-order chi connectivity index (χ0) is 30.6. The molecule has 0 radical (unpaired) electrons. The molecule has 0 aromatic heterocycles. The van der Waals surface area contributed by atoms with Crippen molar-refractivity contribution in [3.8, 4) is 22.3 Å². The predicted octanol–water partition coefficient (Wildman–Crippen LogP) is 10.4. The highest BCUT2D eigenvalue weighted by Crippen LogP contribution is 2.38. The lowest BCUT2D eigenvalue weighted by atomic mass is 9.83. The second kappa shape index (κ2) is 13.2. The standard InChI is InChI=1S/C38H42O4/c1-23(2)27-19-13-21-31(35(27)25(5)6)29-15-9-11-17-33(29)37(39)41-42-38(40)34-18-12-10-16-30(34)32-22-14-20-28(24(3)4)36(32)26(7)8/h9-26H,1-8H3. The van der Waals surface area contributed by atoms with Crippen molar-refractivity contribution in [1.82, 2.24) is 0 Å². The topological polar surface area (TPSA) is 52.6 Å². The molecule has 0 aliphatic rings. The van der Waals surface area contributed by atoms with Crippen LogP contribution in [0.3, 0.4) is 0 Å². The highest BCUT2D eigenvalue weighted by atomic mass is 17.2. The smallest absolute Gasteiger partial charge is 0.241 e. The summed E-state index contributed by atoms with van der Waals surface area (Å²) in [6.45, 7) is 17.3. The number of benzene rings is 4. The van der Waals surface area contributed by atoms with Crippen molar-refractivity contribution in [2.75, 3.05) is 0 Å². The average Bonchev–Trinajstić information content (AvgIpc) is 2.98. The Labute approximate surface area is 250 Å². The Kier molecular flexibility index (Phi) is 9.67. The Morgan fingerprint density at radius 1 is 0.429 bits per heavy atom. The molecular weight excluding hydrogens is 520 g/mol. The van der Waals surface area contributed by atoms with Gasteiger partial charge in [0.15, 0.2) is 0 Å². The van der Waals surface area contributed by atoms with Crippen LogP contribution in [-0.4, -0.2) is 11.9 Å². The second-order valence-corrected chi connectivity index (χ2v) is 12.1. The minimum Gasteiger partial charge on any atom is -0.241 e. The van der Waals surface area contributed by atoms with Crippen molar-refractivity contribution in [2.24, 2.45) is 0 Å². The third-order valence-electron chi connectivity index (χ3n) is 7.75. The molecule has 0 spiro atoms. The van der Waals surface area contributed by atoms with Crippen LogP contribution in [0.25, 0.3) is 22.3 Å². The highest BCUT2D eigenvalue weighted by molar-refractivity contribution is 6.00. The molecule has 0 aliphatic carbocycles. The van der Waals surface area contributed by atoms with Crippen molar-refractivity contribution >= 4 is 11.9 Å². The second-order valence-electron chi connectivity index (χ2n) is 12.1. The number of hydrogen-bond acceptors (Lipinski definition) is 4. The van der Waals surface area contributed by atoms with E-state index in [0.29, 0.717) is 23.0 Å². The van der Waals surface area contributed by atoms with Gasteiger partial charge in [0.25, 0.3) is 0 Å². The van der Waals surface area contributed by atoms with Crippen molar-refractivity contribution in [2.45, 2.75) is 79.1 Å². The quantitative estimate of drug-likeness (QED) is 0.158. The maximum Gasteiger partial charge on any atom is 0.386 e. The summed E-state index contributed by atoms with van der Waals surface area (Å²) in [6.07, 6.45) is 0. The van der Waals surface area contributed by atoms with E-state index in [1.807, 2.05) is 48.5 Å². The lowest BCUT2D eigenvalue weighted by molar-refractivity contribution is -0.187. The number of rotatable bonds is 8. The Hall–Kier alpha value is -4.18. The molecule has 218 valence electrons. The van der Waals surface area contributed by atoms with Crippen LogP contribution in [-0.2, 0) is 9.78 Å². The summed E-state index contributed by atoms with van der Waals surface area (Å²) in [5.41, 5.74) is 9.02. The van der Waals surface area contributed by atoms with Crippen LogP contribution in [0.2, 0.25) is 0 Å². The largest absolute Gasteiger partial charge is 0.386 e. The van der Waals surface area contributed by atoms with E-state index in [4.69, 9.17) is 9.78 Å². The van der Waals surface area contributed by atoms with Crippen LogP contribution >= 0.6 is 0 Å². The van der Waals surface area contributed by atoms with Crippen molar-refractivity contribution in [3.05, 3.63) is 118 Å². The van der Waals surface area contributed by atoms with Crippen molar-refractivity contribution in [1.29, 1.82) is 0 Å². The molecular formula is C38H42O4. The van der Waals surface area contributed by atoms with Crippen LogP contribution in [0, 0.1) is 0 Å². The zero-order valence-electron chi connectivity index (χ0n) is 26.0. The Morgan fingerprint density at radius 3 is 1.10 bits per heavy atom. The summed E-state index contributed by atoms with van der Waals surface area (Å²) in [7, 11) is 0. The molecule has 4 nitrogen and oxygen atoms in total. The summed E-state index contributed by atoms with van der Waals surface area (Å²) in [5, 5.41) is 0. The summed E-state index contributed by atoms with van der Waals surface area (Å²) in [4.78, 5) is 37.2. The summed E-state index contributed by atoms with van der Waals surface area (Å²) in [5.74, 6) is -0.264. The first-order valence-electron chi connectivity index (χ1n) is 14.9. The molecule has 4 heteroatoms. The molecule has 0 fully saturated rings. The maximum atomic E-state index is 13.4. The molecule has 4 aromatic carbocycles. The van der Waals surface area contributed by atoms with Crippen LogP contribution in [0.1, 0.15) is 122 Å². The maximum absolute atomic E-state index is 13.4. The first-order chi connectivity index (χ1) is 20.0. The highest BCUT2D eigenvalue weighted by Gasteiger charge is 2.24. The van der Waals surface area contributed by atoms with Crippen LogP contribution in [0.15, 0.2) is 84.9 Å². The minimum absolute atomic E-state index is 0.252. The summed E-state index contributed by atoms with van der Waals surface area (Å²) >= 11 is 0. The van der Waals surface area contributed by atoms with E-state index in [0.717, 1.165) is 22.3 Å². The van der Waals surface area contributed by atoms with E-state index < -0.39 is 11.9 Å². The van der Waals surface area contributed by atoms with Crippen LogP contribution in [0.5, 0.6) is 0 Å². The SMILES string of the molecule is CC(C)c1cccc(-c2ccccc2C(=O)OOC(=O)c2ccccc2-c2cccc(C(C)C)c2C(C)C)c1C(C)C. The van der Waals surface area contributed by atoms with Gasteiger partial charge < -0.3 is 0 Å². The van der Waals surface area contributed by atoms with E-state index in [2.05, 4.69) is 67.5 Å². The average molecular weight is 563 g/mol. The molecule has 0 amide bonds. The lowest BCUT2D eigenvalue weighted by Crippen LogP contribution is -2.14. The molecule has 4 aromatic rings. The van der Waals surface area contributed by atoms with Gasteiger partial charge in [0.05, 0.1) is 11.1 Å². The number of carbonyl (C=O) groups is 2. The van der Waals surface area contributed by atoms with Gasteiger partial charge in [-0.2, -0.15) is 0 Å². The van der Waals surface area contributed by atoms with Crippen LogP contribution < -0.4 is 0 Å². The molecule has 0 aliphatic heterocycles. The van der Waals surface area contributed by atoms with Gasteiger partial charge >= 0.3 is 11.9 Å². The fourth-order valence-corrected chi connectivity index (χ4v) is 5.89. The van der Waals surface area contributed by atoms with E-state index >= 15 is 0 Å². The Bertz CT molecular complexity index is 1460. The third-order valence-corrected chi connectivity index (χ3v) is 7.75. The third kappa shape index (κ3) is 6.33. The van der Waals surface area contributed by atoms with Crippen molar-refractivity contribution in [3.63, 3.8) is 0 Å². The van der Waals surface area contributed by atoms with E-state index in [1.165, 1.54) is 22.3 Å². The molecule has 0 atom stereocenters.